The number of hydrogen-bond acceptors (Lipinski definition) is 4. The number of nitrogens with one attached hydrogen (secondary N) is 1. The highest BCUT2D eigenvalue weighted by Crippen LogP contribution is 2.22. The van der Waals surface area contributed by atoms with Gasteiger partial charge in [-0.2, -0.15) is 5.10 Å². The van der Waals surface area contributed by atoms with Gasteiger partial charge in [0.1, 0.15) is 6.54 Å². The minimum absolute atomic E-state index is 0.0646. The van der Waals surface area contributed by atoms with Gasteiger partial charge in [-0.3, -0.25) is 19.5 Å². The molecule has 1 fully saturated rings. The summed E-state index contributed by atoms with van der Waals surface area (Å²) in [4.78, 5) is 39.0. The van der Waals surface area contributed by atoms with Crippen LogP contribution in [0.4, 0.5) is 0 Å². The highest BCUT2D eigenvalue weighted by Gasteiger charge is 2.28. The predicted octanol–water partition coefficient (Wildman–Crippen LogP) is 1.49. The zero-order valence-electron chi connectivity index (χ0n) is 14.6. The number of carbonyl (C=O) groups is 3. The summed E-state index contributed by atoms with van der Waals surface area (Å²) in [6.45, 7) is 2.15. The number of nitrogens with zero attached hydrogens (tertiary/aromatic N) is 3. The lowest BCUT2D eigenvalue weighted by Crippen LogP contribution is -2.43. The molecular weight excluding hydrogens is 336 g/mol. The molecule has 1 aromatic heterocycles. The molecule has 1 aliphatic rings. The highest BCUT2D eigenvalue weighted by atomic mass is 16.4. The van der Waals surface area contributed by atoms with Gasteiger partial charge in [0, 0.05) is 31.4 Å². The summed E-state index contributed by atoms with van der Waals surface area (Å²) in [7, 11) is 0. The summed E-state index contributed by atoms with van der Waals surface area (Å²) < 4.78 is 0. The van der Waals surface area contributed by atoms with E-state index in [1.165, 1.54) is 11.8 Å². The standard InChI is InChI=1S/C18H22N4O4/c1-12(23)22(11-17(24)25)13-4-3-8-21(9-7-13)18(26)14-5-2-6-16-15(14)10-19-20-16/h2,5-6,10,13H,3-4,7-9,11H2,1H3,(H,19,20)(H,24,25). The van der Waals surface area contributed by atoms with Crippen molar-refractivity contribution in [3.8, 4) is 0 Å². The van der Waals surface area contributed by atoms with Crippen LogP contribution >= 0.6 is 0 Å². The number of aromatic nitrogens is 2. The van der Waals surface area contributed by atoms with Crippen molar-refractivity contribution < 1.29 is 19.5 Å². The summed E-state index contributed by atoms with van der Waals surface area (Å²) >= 11 is 0. The predicted molar refractivity (Wildman–Crippen MR) is 94.7 cm³/mol. The number of H-pyrrole nitrogens is 1. The second kappa shape index (κ2) is 7.55. The van der Waals surface area contributed by atoms with Gasteiger partial charge >= 0.3 is 5.97 Å². The number of rotatable bonds is 4. The van der Waals surface area contributed by atoms with Crippen molar-refractivity contribution in [2.24, 2.45) is 0 Å². The van der Waals surface area contributed by atoms with Crippen LogP contribution in [0, 0.1) is 0 Å². The number of amides is 2. The Morgan fingerprint density at radius 3 is 2.85 bits per heavy atom. The Kier molecular flexibility index (Phi) is 5.20. The lowest BCUT2D eigenvalue weighted by atomic mass is 10.1. The molecule has 8 heteroatoms. The maximum absolute atomic E-state index is 13.0. The Bertz CT molecular complexity index is 831. The van der Waals surface area contributed by atoms with E-state index in [1.54, 1.807) is 17.2 Å². The van der Waals surface area contributed by atoms with E-state index in [9.17, 15) is 14.4 Å². The monoisotopic (exact) mass is 358 g/mol. The number of carboxylic acid groups (broad SMARTS) is 1. The van der Waals surface area contributed by atoms with Crippen LogP contribution in [-0.4, -0.2) is 68.6 Å². The normalized spacial score (nSPS) is 17.7. The van der Waals surface area contributed by atoms with Crippen LogP contribution in [0.1, 0.15) is 36.5 Å². The van der Waals surface area contributed by atoms with Gasteiger partial charge in [0.15, 0.2) is 0 Å². The van der Waals surface area contributed by atoms with Crippen LogP contribution in [-0.2, 0) is 9.59 Å². The van der Waals surface area contributed by atoms with E-state index in [-0.39, 0.29) is 24.4 Å². The van der Waals surface area contributed by atoms with Crippen LogP contribution in [0.3, 0.4) is 0 Å². The first-order chi connectivity index (χ1) is 12.5. The molecule has 1 aliphatic heterocycles. The van der Waals surface area contributed by atoms with Crippen LogP contribution in [0.2, 0.25) is 0 Å². The second-order valence-electron chi connectivity index (χ2n) is 6.55. The summed E-state index contributed by atoms with van der Waals surface area (Å²) in [5, 5.41) is 16.7. The minimum Gasteiger partial charge on any atom is -0.480 e. The molecule has 1 unspecified atom stereocenters. The molecule has 26 heavy (non-hydrogen) atoms. The molecule has 8 nitrogen and oxygen atoms in total. The Labute approximate surface area is 150 Å². The fourth-order valence-corrected chi connectivity index (χ4v) is 3.56. The molecule has 0 bridgehead atoms. The van der Waals surface area contributed by atoms with E-state index in [2.05, 4.69) is 10.2 Å². The van der Waals surface area contributed by atoms with Gasteiger partial charge in [0.25, 0.3) is 5.91 Å². The van der Waals surface area contributed by atoms with Crippen molar-refractivity contribution in [2.45, 2.75) is 32.2 Å². The van der Waals surface area contributed by atoms with Crippen molar-refractivity contribution in [3.05, 3.63) is 30.0 Å². The lowest BCUT2D eigenvalue weighted by Gasteiger charge is -2.28. The third kappa shape index (κ3) is 3.68. The summed E-state index contributed by atoms with van der Waals surface area (Å²) in [5.74, 6) is -1.34. The van der Waals surface area contributed by atoms with Crippen LogP contribution in [0.25, 0.3) is 10.9 Å². The van der Waals surface area contributed by atoms with Crippen LogP contribution < -0.4 is 0 Å². The molecule has 1 aromatic carbocycles. The quantitative estimate of drug-likeness (QED) is 0.861. The van der Waals surface area contributed by atoms with E-state index >= 15 is 0 Å². The number of carbonyl (C=O) groups excluding carboxylic acids is 2. The fraction of sp³-hybridized carbons (Fsp3) is 0.444. The van der Waals surface area contributed by atoms with Crippen molar-refractivity contribution in [1.82, 2.24) is 20.0 Å². The molecule has 1 atom stereocenters. The number of hydrogen-bond donors (Lipinski definition) is 2. The number of likely N-dealkylation sites (tertiary alicyclic amines) is 1. The Morgan fingerprint density at radius 1 is 1.31 bits per heavy atom. The van der Waals surface area contributed by atoms with Gasteiger partial charge < -0.3 is 14.9 Å². The molecule has 0 spiro atoms. The van der Waals surface area contributed by atoms with Crippen molar-refractivity contribution in [1.29, 1.82) is 0 Å². The maximum Gasteiger partial charge on any atom is 0.323 e. The van der Waals surface area contributed by atoms with Crippen LogP contribution in [0.15, 0.2) is 24.4 Å². The number of carboxylic acids is 1. The molecule has 2 N–H and O–H groups in total. The number of aromatic amines is 1. The topological polar surface area (TPSA) is 107 Å². The summed E-state index contributed by atoms with van der Waals surface area (Å²) in [5.41, 5.74) is 1.41. The average Bonchev–Trinajstić information content (AvgIpc) is 2.95. The van der Waals surface area contributed by atoms with E-state index in [1.807, 2.05) is 12.1 Å². The zero-order valence-corrected chi connectivity index (χ0v) is 14.6. The first-order valence-electron chi connectivity index (χ1n) is 8.67. The van der Waals surface area contributed by atoms with Gasteiger partial charge in [0.2, 0.25) is 5.91 Å². The minimum atomic E-state index is -1.02. The molecule has 2 amide bonds. The first-order valence-corrected chi connectivity index (χ1v) is 8.67. The largest absolute Gasteiger partial charge is 0.480 e. The van der Waals surface area contributed by atoms with E-state index in [4.69, 9.17) is 5.11 Å². The first kappa shape index (κ1) is 17.9. The summed E-state index contributed by atoms with van der Waals surface area (Å²) in [6, 6.07) is 5.31. The molecule has 0 radical (unpaired) electrons. The van der Waals surface area contributed by atoms with Crippen molar-refractivity contribution >= 4 is 28.7 Å². The Balaban J connectivity index is 1.74. The molecule has 1 saturated heterocycles. The maximum atomic E-state index is 13.0. The highest BCUT2D eigenvalue weighted by molar-refractivity contribution is 6.06. The molecule has 138 valence electrons. The van der Waals surface area contributed by atoms with Crippen molar-refractivity contribution in [3.63, 3.8) is 0 Å². The van der Waals surface area contributed by atoms with Gasteiger partial charge in [-0.15, -0.1) is 0 Å². The molecule has 2 aromatic rings. The molecule has 0 aliphatic carbocycles. The van der Waals surface area contributed by atoms with Gasteiger partial charge in [-0.05, 0) is 31.4 Å². The number of fused-ring (bicyclic) bond motifs is 1. The SMILES string of the molecule is CC(=O)N(CC(=O)O)C1CCCN(C(=O)c2cccc3[nH]ncc23)CC1. The van der Waals surface area contributed by atoms with Gasteiger partial charge in [-0.25, -0.2) is 0 Å². The molecular formula is C18H22N4O4. The van der Waals surface area contributed by atoms with E-state index < -0.39 is 5.97 Å². The zero-order chi connectivity index (χ0) is 18.7. The molecule has 3 rings (SSSR count). The number of benzene rings is 1. The van der Waals surface area contributed by atoms with E-state index in [0.717, 1.165) is 17.3 Å². The average molecular weight is 358 g/mol. The Hall–Kier alpha value is -2.90. The number of aliphatic carboxylic acids is 1. The summed E-state index contributed by atoms with van der Waals surface area (Å²) in [6.07, 6.45) is 3.63. The smallest absolute Gasteiger partial charge is 0.323 e. The fourth-order valence-electron chi connectivity index (χ4n) is 3.56. The lowest BCUT2D eigenvalue weighted by molar-refractivity contribution is -0.145. The third-order valence-corrected chi connectivity index (χ3v) is 4.85. The van der Waals surface area contributed by atoms with Gasteiger partial charge in [-0.1, -0.05) is 6.07 Å². The Morgan fingerprint density at radius 2 is 2.12 bits per heavy atom. The molecule has 2 heterocycles. The van der Waals surface area contributed by atoms with Crippen LogP contribution in [0.5, 0.6) is 0 Å². The third-order valence-electron chi connectivity index (χ3n) is 4.85. The second-order valence-corrected chi connectivity index (χ2v) is 6.55. The van der Waals surface area contributed by atoms with Crippen molar-refractivity contribution in [2.75, 3.05) is 19.6 Å². The van der Waals surface area contributed by atoms with E-state index in [0.29, 0.717) is 31.5 Å². The molecule has 0 saturated carbocycles. The van der Waals surface area contributed by atoms with Gasteiger partial charge in [0.05, 0.1) is 17.3 Å².